The summed E-state index contributed by atoms with van der Waals surface area (Å²) in [6, 6.07) is 6.18. The Morgan fingerprint density at radius 2 is 2.14 bits per heavy atom. The lowest BCUT2D eigenvalue weighted by atomic mass is 10.2. The van der Waals surface area contributed by atoms with Crippen LogP contribution in [0.3, 0.4) is 0 Å². The number of benzene rings is 1. The number of aliphatic hydroxyl groups excluding tert-OH is 1. The van der Waals surface area contributed by atoms with Crippen LogP contribution in [0.15, 0.2) is 35.4 Å². The molecule has 8 heteroatoms. The van der Waals surface area contributed by atoms with Crippen LogP contribution in [0.5, 0.6) is 5.75 Å². The first kappa shape index (κ1) is 15.5. The van der Waals surface area contributed by atoms with Gasteiger partial charge in [0.05, 0.1) is 26.0 Å². The van der Waals surface area contributed by atoms with E-state index >= 15 is 0 Å². The third kappa shape index (κ3) is 3.41. The highest BCUT2D eigenvalue weighted by molar-refractivity contribution is 7.89. The molecule has 0 radical (unpaired) electrons. The SMILES string of the molecule is COc1cc(CO)ccc1S(=O)(=O)NCc1ccnn1C. The maximum Gasteiger partial charge on any atom is 0.244 e. The van der Waals surface area contributed by atoms with Crippen molar-refractivity contribution in [2.45, 2.75) is 18.0 Å². The minimum Gasteiger partial charge on any atom is -0.495 e. The number of hydrogen-bond donors (Lipinski definition) is 2. The van der Waals surface area contributed by atoms with Gasteiger partial charge < -0.3 is 9.84 Å². The number of aliphatic hydroxyl groups is 1. The topological polar surface area (TPSA) is 93.4 Å². The smallest absolute Gasteiger partial charge is 0.244 e. The van der Waals surface area contributed by atoms with E-state index in [1.54, 1.807) is 30.1 Å². The fourth-order valence-electron chi connectivity index (χ4n) is 1.85. The van der Waals surface area contributed by atoms with Gasteiger partial charge in [-0.3, -0.25) is 4.68 Å². The summed E-state index contributed by atoms with van der Waals surface area (Å²) < 4.78 is 33.8. The second-order valence-corrected chi connectivity index (χ2v) is 6.15. The van der Waals surface area contributed by atoms with Gasteiger partial charge in [0.15, 0.2) is 0 Å². The molecule has 1 heterocycles. The number of nitrogens with zero attached hydrogens (tertiary/aromatic N) is 2. The molecular formula is C13H17N3O4S. The van der Waals surface area contributed by atoms with Crippen LogP contribution in [0.2, 0.25) is 0 Å². The molecule has 0 aliphatic heterocycles. The third-order valence-electron chi connectivity index (χ3n) is 3.07. The van der Waals surface area contributed by atoms with E-state index in [9.17, 15) is 8.42 Å². The lowest BCUT2D eigenvalue weighted by Gasteiger charge is -2.12. The zero-order chi connectivity index (χ0) is 15.5. The molecule has 0 amide bonds. The zero-order valence-corrected chi connectivity index (χ0v) is 12.6. The highest BCUT2D eigenvalue weighted by Crippen LogP contribution is 2.25. The average molecular weight is 311 g/mol. The Balaban J connectivity index is 2.25. The number of ether oxygens (including phenoxy) is 1. The first-order valence-corrected chi connectivity index (χ1v) is 7.70. The van der Waals surface area contributed by atoms with Gasteiger partial charge in [-0.25, -0.2) is 13.1 Å². The molecule has 0 saturated heterocycles. The number of sulfonamides is 1. The summed E-state index contributed by atoms with van der Waals surface area (Å²) in [6.07, 6.45) is 1.60. The van der Waals surface area contributed by atoms with Crippen molar-refractivity contribution < 1.29 is 18.3 Å². The predicted octanol–water partition coefficient (Wildman–Crippen LogP) is 0.399. The van der Waals surface area contributed by atoms with Gasteiger partial charge in [0.25, 0.3) is 0 Å². The van der Waals surface area contributed by atoms with Crippen molar-refractivity contribution >= 4 is 10.0 Å². The normalized spacial score (nSPS) is 11.6. The molecule has 0 aliphatic rings. The summed E-state index contributed by atoms with van der Waals surface area (Å²) in [5, 5.41) is 13.1. The van der Waals surface area contributed by atoms with Crippen molar-refractivity contribution in [1.82, 2.24) is 14.5 Å². The van der Waals surface area contributed by atoms with Crippen LogP contribution in [0.1, 0.15) is 11.3 Å². The van der Waals surface area contributed by atoms with Crippen LogP contribution in [-0.4, -0.2) is 30.4 Å². The van der Waals surface area contributed by atoms with E-state index in [0.29, 0.717) is 5.56 Å². The summed E-state index contributed by atoms with van der Waals surface area (Å²) in [4.78, 5) is 0.0318. The molecule has 114 valence electrons. The molecule has 0 spiro atoms. The largest absolute Gasteiger partial charge is 0.495 e. The Morgan fingerprint density at radius 1 is 1.38 bits per heavy atom. The van der Waals surface area contributed by atoms with Gasteiger partial charge in [0.2, 0.25) is 10.0 Å². The zero-order valence-electron chi connectivity index (χ0n) is 11.8. The van der Waals surface area contributed by atoms with E-state index < -0.39 is 10.0 Å². The molecule has 7 nitrogen and oxygen atoms in total. The maximum atomic E-state index is 12.3. The minimum atomic E-state index is -3.72. The average Bonchev–Trinajstić information content (AvgIpc) is 2.89. The number of nitrogens with one attached hydrogen (secondary N) is 1. The second-order valence-electron chi connectivity index (χ2n) is 4.41. The van der Waals surface area contributed by atoms with Crippen LogP contribution in [-0.2, 0) is 30.2 Å². The lowest BCUT2D eigenvalue weighted by Crippen LogP contribution is -2.25. The third-order valence-corrected chi connectivity index (χ3v) is 4.51. The van der Waals surface area contributed by atoms with Crippen molar-refractivity contribution in [2.24, 2.45) is 7.05 Å². The summed E-state index contributed by atoms with van der Waals surface area (Å²) >= 11 is 0. The Kier molecular flexibility index (Phi) is 4.61. The van der Waals surface area contributed by atoms with Gasteiger partial charge in [-0.2, -0.15) is 5.10 Å². The molecule has 0 aliphatic carbocycles. The van der Waals surface area contributed by atoms with E-state index in [4.69, 9.17) is 9.84 Å². The van der Waals surface area contributed by atoms with Gasteiger partial charge in [0.1, 0.15) is 10.6 Å². The van der Waals surface area contributed by atoms with Crippen LogP contribution < -0.4 is 9.46 Å². The van der Waals surface area contributed by atoms with Gasteiger partial charge in [-0.15, -0.1) is 0 Å². The van der Waals surface area contributed by atoms with Crippen molar-refractivity contribution in [3.05, 3.63) is 41.7 Å². The first-order valence-electron chi connectivity index (χ1n) is 6.22. The molecule has 0 fully saturated rings. The molecule has 2 aromatic rings. The standard InChI is InChI=1S/C13H17N3O4S/c1-16-11(5-6-14-16)8-15-21(18,19)13-4-3-10(9-17)7-12(13)20-2/h3-7,15,17H,8-9H2,1-2H3. The maximum absolute atomic E-state index is 12.3. The fraction of sp³-hybridized carbons (Fsp3) is 0.308. The molecule has 0 atom stereocenters. The molecule has 0 bridgehead atoms. The van der Waals surface area contributed by atoms with E-state index in [2.05, 4.69) is 9.82 Å². The van der Waals surface area contributed by atoms with Gasteiger partial charge >= 0.3 is 0 Å². The second kappa shape index (κ2) is 6.25. The molecule has 21 heavy (non-hydrogen) atoms. The van der Waals surface area contributed by atoms with Crippen molar-refractivity contribution in [2.75, 3.05) is 7.11 Å². The summed E-state index contributed by atoms with van der Waals surface area (Å²) in [6.45, 7) is -0.0527. The van der Waals surface area contributed by atoms with Crippen LogP contribution >= 0.6 is 0 Å². The molecule has 1 aromatic heterocycles. The highest BCUT2D eigenvalue weighted by Gasteiger charge is 2.20. The molecule has 0 unspecified atom stereocenters. The van der Waals surface area contributed by atoms with Gasteiger partial charge in [-0.05, 0) is 23.8 Å². The van der Waals surface area contributed by atoms with E-state index in [1.807, 2.05) is 0 Å². The number of hydrogen-bond acceptors (Lipinski definition) is 5. The number of rotatable bonds is 6. The molecular weight excluding hydrogens is 294 g/mol. The Hall–Kier alpha value is -1.90. The quantitative estimate of drug-likeness (QED) is 0.805. The van der Waals surface area contributed by atoms with Crippen LogP contribution in [0, 0.1) is 0 Å². The first-order chi connectivity index (χ1) is 9.97. The molecule has 2 N–H and O–H groups in total. The molecule has 2 rings (SSSR count). The summed E-state index contributed by atoms with van der Waals surface area (Å²) in [5.74, 6) is 0.194. The van der Waals surface area contributed by atoms with Crippen LogP contribution in [0.25, 0.3) is 0 Å². The summed E-state index contributed by atoms with van der Waals surface area (Å²) in [5.41, 5.74) is 1.32. The highest BCUT2D eigenvalue weighted by atomic mass is 32.2. The fourth-order valence-corrected chi connectivity index (χ4v) is 3.00. The van der Waals surface area contributed by atoms with Gasteiger partial charge in [-0.1, -0.05) is 6.07 Å². The molecule has 1 aromatic carbocycles. The lowest BCUT2D eigenvalue weighted by molar-refractivity contribution is 0.280. The van der Waals surface area contributed by atoms with Gasteiger partial charge in [0, 0.05) is 13.2 Å². The van der Waals surface area contributed by atoms with E-state index in [-0.39, 0.29) is 23.8 Å². The van der Waals surface area contributed by atoms with Crippen molar-refractivity contribution in [1.29, 1.82) is 0 Å². The van der Waals surface area contributed by atoms with E-state index in [0.717, 1.165) is 5.69 Å². The number of methoxy groups -OCH3 is 1. The minimum absolute atomic E-state index is 0.0318. The van der Waals surface area contributed by atoms with Crippen molar-refractivity contribution in [3.8, 4) is 5.75 Å². The van der Waals surface area contributed by atoms with Crippen LogP contribution in [0.4, 0.5) is 0 Å². The van der Waals surface area contributed by atoms with E-state index in [1.165, 1.54) is 19.2 Å². The number of aromatic nitrogens is 2. The predicted molar refractivity (Wildman–Crippen MR) is 76.2 cm³/mol. The number of aryl methyl sites for hydroxylation is 1. The summed E-state index contributed by atoms with van der Waals surface area (Å²) in [7, 11) is -0.597. The molecule has 0 saturated carbocycles. The monoisotopic (exact) mass is 311 g/mol. The Bertz CT molecular complexity index is 725. The Morgan fingerprint density at radius 3 is 2.71 bits per heavy atom. The Labute approximate surface area is 123 Å². The van der Waals surface area contributed by atoms with Crippen molar-refractivity contribution in [3.63, 3.8) is 0 Å².